The van der Waals surface area contributed by atoms with Crippen LogP contribution in [0.15, 0.2) is 30.3 Å². The Balaban J connectivity index is 1.70. The van der Waals surface area contributed by atoms with E-state index < -0.39 is 25.1 Å². The van der Waals surface area contributed by atoms with Crippen molar-refractivity contribution in [2.24, 2.45) is 0 Å². The number of rotatable bonds is 9. The third-order valence-corrected chi connectivity index (χ3v) is 8.50. The molecule has 0 saturated carbocycles. The highest BCUT2D eigenvalue weighted by molar-refractivity contribution is 7.48. The van der Waals surface area contributed by atoms with Crippen molar-refractivity contribution in [2.45, 2.75) is 71.8 Å². The van der Waals surface area contributed by atoms with Crippen LogP contribution in [0.5, 0.6) is 5.06 Å². The lowest BCUT2D eigenvalue weighted by Gasteiger charge is -2.33. The second kappa shape index (κ2) is 11.5. The standard InChI is InChI=1S/C25H35ClNO7PS/c1-24(2,3)33-35(29,34-25(4,5)6)32-16-31-21-14-17-15-27(13-12-20(17)36-21)22(23(28)30-7)18-10-8-9-11-19(18)26/h8-11,14,22H,12-13,15-16H2,1-7H3/t22-/m0/s1. The van der Waals surface area contributed by atoms with E-state index in [1.165, 1.54) is 18.4 Å². The molecule has 200 valence electrons. The first-order chi connectivity index (χ1) is 16.7. The third kappa shape index (κ3) is 8.02. The SMILES string of the molecule is COC(=O)[C@H](c1ccccc1Cl)N1CCc2sc(OCOP(=O)(OC(C)(C)C)OC(C)(C)C)cc2C1. The van der Waals surface area contributed by atoms with Crippen LogP contribution < -0.4 is 4.74 Å². The molecule has 2 aromatic rings. The van der Waals surface area contributed by atoms with Crippen molar-refractivity contribution in [3.63, 3.8) is 0 Å². The Labute approximate surface area is 222 Å². The number of phosphoric ester groups is 1. The summed E-state index contributed by atoms with van der Waals surface area (Å²) in [6.07, 6.45) is 0.737. The number of phosphoric acid groups is 1. The van der Waals surface area contributed by atoms with Crippen molar-refractivity contribution < 1.29 is 32.4 Å². The maximum Gasteiger partial charge on any atom is 0.478 e. The zero-order valence-corrected chi connectivity index (χ0v) is 24.3. The maximum absolute atomic E-state index is 13.2. The fraction of sp³-hybridized carbons (Fsp3) is 0.560. The first-order valence-electron chi connectivity index (χ1n) is 11.7. The molecule has 0 fully saturated rings. The van der Waals surface area contributed by atoms with E-state index in [1.54, 1.807) is 47.6 Å². The molecule has 0 amide bonds. The molecule has 0 aliphatic carbocycles. The highest BCUT2D eigenvalue weighted by Gasteiger charge is 2.38. The minimum absolute atomic E-state index is 0.295. The van der Waals surface area contributed by atoms with Gasteiger partial charge in [-0.05, 0) is 71.2 Å². The highest BCUT2D eigenvalue weighted by Crippen LogP contribution is 2.55. The first-order valence-corrected chi connectivity index (χ1v) is 14.3. The lowest BCUT2D eigenvalue weighted by atomic mass is 10.0. The molecule has 36 heavy (non-hydrogen) atoms. The number of fused-ring (bicyclic) bond motifs is 1. The van der Waals surface area contributed by atoms with Gasteiger partial charge in [-0.3, -0.25) is 13.9 Å². The summed E-state index contributed by atoms with van der Waals surface area (Å²) in [5, 5.41) is 1.14. The van der Waals surface area contributed by atoms with E-state index in [0.717, 1.165) is 16.9 Å². The Bertz CT molecular complexity index is 1090. The number of ether oxygens (including phenoxy) is 2. The number of carbonyl (C=O) groups is 1. The van der Waals surface area contributed by atoms with Gasteiger partial charge in [0.05, 0.1) is 18.3 Å². The van der Waals surface area contributed by atoms with E-state index in [0.29, 0.717) is 28.7 Å². The molecule has 1 aliphatic rings. The van der Waals surface area contributed by atoms with Gasteiger partial charge in [-0.15, -0.1) is 11.3 Å². The minimum atomic E-state index is -3.87. The Hall–Kier alpha value is -1.45. The number of hydrogen-bond acceptors (Lipinski definition) is 9. The minimum Gasteiger partial charge on any atom is -0.468 e. The molecule has 2 heterocycles. The second-order valence-corrected chi connectivity index (χ2v) is 13.5. The van der Waals surface area contributed by atoms with Crippen molar-refractivity contribution in [3.05, 3.63) is 51.4 Å². The number of hydrogen-bond donors (Lipinski definition) is 0. The maximum atomic E-state index is 13.2. The molecule has 1 atom stereocenters. The Morgan fingerprint density at radius 3 is 2.36 bits per heavy atom. The summed E-state index contributed by atoms with van der Waals surface area (Å²) in [7, 11) is -2.50. The molecule has 0 spiro atoms. The van der Waals surface area contributed by atoms with Gasteiger partial charge in [0, 0.05) is 23.0 Å². The van der Waals surface area contributed by atoms with Gasteiger partial charge >= 0.3 is 13.8 Å². The van der Waals surface area contributed by atoms with E-state index in [1.807, 2.05) is 29.2 Å². The molecule has 3 rings (SSSR count). The van der Waals surface area contributed by atoms with Crippen LogP contribution in [-0.2, 0) is 40.6 Å². The van der Waals surface area contributed by atoms with Crippen LogP contribution in [0.25, 0.3) is 0 Å². The Kier molecular flexibility index (Phi) is 9.31. The first kappa shape index (κ1) is 29.1. The summed E-state index contributed by atoms with van der Waals surface area (Å²) in [4.78, 5) is 15.9. The summed E-state index contributed by atoms with van der Waals surface area (Å²) in [5.41, 5.74) is 0.291. The lowest BCUT2D eigenvalue weighted by molar-refractivity contribution is -0.147. The average Bonchev–Trinajstić information content (AvgIpc) is 3.14. The molecule has 11 heteroatoms. The zero-order valence-electron chi connectivity index (χ0n) is 21.8. The van der Waals surface area contributed by atoms with Gasteiger partial charge in [0.2, 0.25) is 6.79 Å². The van der Waals surface area contributed by atoms with Gasteiger partial charge in [0.1, 0.15) is 6.04 Å². The van der Waals surface area contributed by atoms with Crippen molar-refractivity contribution in [2.75, 3.05) is 20.4 Å². The van der Waals surface area contributed by atoms with Crippen LogP contribution in [-0.4, -0.2) is 42.5 Å². The van der Waals surface area contributed by atoms with Crippen LogP contribution in [0.2, 0.25) is 5.02 Å². The van der Waals surface area contributed by atoms with E-state index >= 15 is 0 Å². The summed E-state index contributed by atoms with van der Waals surface area (Å²) in [6.45, 7) is 11.5. The van der Waals surface area contributed by atoms with Crippen LogP contribution in [0.3, 0.4) is 0 Å². The average molecular weight is 560 g/mol. The van der Waals surface area contributed by atoms with Crippen LogP contribution in [0, 0.1) is 0 Å². The smallest absolute Gasteiger partial charge is 0.468 e. The van der Waals surface area contributed by atoms with Crippen molar-refractivity contribution in [1.82, 2.24) is 4.90 Å². The number of nitrogens with zero attached hydrogens (tertiary/aromatic N) is 1. The van der Waals surface area contributed by atoms with E-state index in [2.05, 4.69) is 0 Å². The Morgan fingerprint density at radius 2 is 1.78 bits per heavy atom. The van der Waals surface area contributed by atoms with Crippen LogP contribution in [0.1, 0.15) is 63.6 Å². The molecule has 0 bridgehead atoms. The molecular weight excluding hydrogens is 525 g/mol. The van der Waals surface area contributed by atoms with Gasteiger partial charge < -0.3 is 9.47 Å². The van der Waals surface area contributed by atoms with Gasteiger partial charge in [0.15, 0.2) is 5.06 Å². The monoisotopic (exact) mass is 559 g/mol. The molecule has 0 saturated heterocycles. The lowest BCUT2D eigenvalue weighted by Crippen LogP contribution is -2.38. The molecule has 8 nitrogen and oxygen atoms in total. The topological polar surface area (TPSA) is 83.5 Å². The summed E-state index contributed by atoms with van der Waals surface area (Å²) >= 11 is 7.90. The number of esters is 1. The molecule has 1 aliphatic heterocycles. The predicted octanol–water partition coefficient (Wildman–Crippen LogP) is 6.77. The van der Waals surface area contributed by atoms with E-state index in [-0.39, 0.29) is 12.8 Å². The number of halogens is 1. The fourth-order valence-corrected chi connectivity index (χ4v) is 6.70. The fourth-order valence-electron chi connectivity index (χ4n) is 3.79. The van der Waals surface area contributed by atoms with Crippen molar-refractivity contribution in [1.29, 1.82) is 0 Å². The Morgan fingerprint density at radius 1 is 1.14 bits per heavy atom. The summed E-state index contributed by atoms with van der Waals surface area (Å²) in [6, 6.07) is 8.60. The second-order valence-electron chi connectivity index (χ2n) is 10.4. The van der Waals surface area contributed by atoms with Gasteiger partial charge in [-0.1, -0.05) is 29.8 Å². The van der Waals surface area contributed by atoms with Crippen LogP contribution >= 0.6 is 30.8 Å². The summed E-state index contributed by atoms with van der Waals surface area (Å²) in [5.74, 6) is -0.361. The molecule has 0 unspecified atom stereocenters. The summed E-state index contributed by atoms with van der Waals surface area (Å²) < 4.78 is 40.8. The molecule has 1 aromatic heterocycles. The number of methoxy groups -OCH3 is 1. The number of benzene rings is 1. The predicted molar refractivity (Wildman–Crippen MR) is 141 cm³/mol. The van der Waals surface area contributed by atoms with Crippen molar-refractivity contribution in [3.8, 4) is 5.06 Å². The van der Waals surface area contributed by atoms with Crippen molar-refractivity contribution >= 4 is 36.7 Å². The molecule has 0 radical (unpaired) electrons. The third-order valence-electron chi connectivity index (χ3n) is 5.05. The number of carbonyl (C=O) groups excluding carboxylic acids is 1. The van der Waals surface area contributed by atoms with Gasteiger partial charge in [0.25, 0.3) is 0 Å². The normalized spacial score (nSPS) is 15.9. The quantitative estimate of drug-likeness (QED) is 0.189. The molecule has 0 N–H and O–H groups in total. The number of thiophene rings is 1. The highest BCUT2D eigenvalue weighted by atomic mass is 35.5. The van der Waals surface area contributed by atoms with E-state index in [4.69, 9.17) is 34.6 Å². The van der Waals surface area contributed by atoms with Gasteiger partial charge in [-0.25, -0.2) is 13.9 Å². The van der Waals surface area contributed by atoms with E-state index in [9.17, 15) is 9.36 Å². The zero-order chi connectivity index (χ0) is 26.7. The molecule has 1 aromatic carbocycles. The largest absolute Gasteiger partial charge is 0.478 e. The van der Waals surface area contributed by atoms with Gasteiger partial charge in [-0.2, -0.15) is 0 Å². The van der Waals surface area contributed by atoms with Crippen LogP contribution in [0.4, 0.5) is 0 Å². The molecular formula is C25H35ClNO7PS.